The van der Waals surface area contributed by atoms with Gasteiger partial charge in [0.25, 0.3) is 5.91 Å². The van der Waals surface area contributed by atoms with Crippen LogP contribution in [0.15, 0.2) is 67.0 Å². The average Bonchev–Trinajstić information content (AvgIpc) is 3.35. The Bertz CT molecular complexity index is 1300. The number of benzene rings is 2. The van der Waals surface area contributed by atoms with Crippen LogP contribution in [0.5, 0.6) is 0 Å². The number of methoxy groups -OCH3 is 1. The Morgan fingerprint density at radius 2 is 1.94 bits per heavy atom. The number of aryl methyl sites for hydroxylation is 1. The SMILES string of the molecule is COCCNC(=O)c1ccc(Nc2ccc(-c3ccc(C)c(CNC=O)c3)n3ccnc23)cc1. The fourth-order valence-corrected chi connectivity index (χ4v) is 3.75. The molecule has 3 N–H and O–H groups in total. The number of carbonyl (C=O) groups is 2. The fourth-order valence-electron chi connectivity index (χ4n) is 3.75. The molecule has 0 aliphatic carbocycles. The fraction of sp³-hybridized carbons (Fsp3) is 0.192. The van der Waals surface area contributed by atoms with Crippen molar-refractivity contribution >= 4 is 29.3 Å². The first-order valence-electron chi connectivity index (χ1n) is 11.0. The topological polar surface area (TPSA) is 96.8 Å². The largest absolute Gasteiger partial charge is 0.383 e. The van der Waals surface area contributed by atoms with Crippen LogP contribution in [0.2, 0.25) is 0 Å². The Morgan fingerprint density at radius 3 is 2.71 bits per heavy atom. The lowest BCUT2D eigenvalue weighted by atomic mass is 10.0. The molecule has 34 heavy (non-hydrogen) atoms. The Morgan fingerprint density at radius 1 is 1.12 bits per heavy atom. The number of hydrogen-bond donors (Lipinski definition) is 3. The van der Waals surface area contributed by atoms with Crippen LogP contribution in [-0.2, 0) is 16.1 Å². The van der Waals surface area contributed by atoms with Gasteiger partial charge in [-0.3, -0.25) is 14.0 Å². The Hall–Kier alpha value is -4.17. The number of aromatic nitrogens is 2. The number of anilines is 2. The number of nitrogens with zero attached hydrogens (tertiary/aromatic N) is 2. The van der Waals surface area contributed by atoms with Gasteiger partial charge in [-0.15, -0.1) is 0 Å². The van der Waals surface area contributed by atoms with Gasteiger partial charge in [0.2, 0.25) is 6.41 Å². The summed E-state index contributed by atoms with van der Waals surface area (Å²) >= 11 is 0. The quantitative estimate of drug-likeness (QED) is 0.249. The monoisotopic (exact) mass is 457 g/mol. The second-order valence-corrected chi connectivity index (χ2v) is 7.84. The van der Waals surface area contributed by atoms with Gasteiger partial charge in [-0.05, 0) is 66.1 Å². The van der Waals surface area contributed by atoms with Crippen LogP contribution >= 0.6 is 0 Å². The van der Waals surface area contributed by atoms with Crippen LogP contribution < -0.4 is 16.0 Å². The predicted molar refractivity (Wildman–Crippen MR) is 132 cm³/mol. The van der Waals surface area contributed by atoms with E-state index in [0.29, 0.717) is 31.7 Å². The van der Waals surface area contributed by atoms with Crippen molar-refractivity contribution in [3.8, 4) is 11.3 Å². The lowest BCUT2D eigenvalue weighted by Crippen LogP contribution is -2.26. The summed E-state index contributed by atoms with van der Waals surface area (Å²) in [5, 5.41) is 8.94. The maximum atomic E-state index is 12.2. The third-order valence-corrected chi connectivity index (χ3v) is 5.59. The van der Waals surface area contributed by atoms with E-state index in [1.165, 1.54) is 0 Å². The summed E-state index contributed by atoms with van der Waals surface area (Å²) in [6.07, 6.45) is 4.40. The molecule has 4 aromatic rings. The maximum absolute atomic E-state index is 12.2. The zero-order chi connectivity index (χ0) is 23.9. The first-order chi connectivity index (χ1) is 16.6. The third-order valence-electron chi connectivity index (χ3n) is 5.59. The highest BCUT2D eigenvalue weighted by Gasteiger charge is 2.11. The summed E-state index contributed by atoms with van der Waals surface area (Å²) in [5.74, 6) is -0.135. The van der Waals surface area contributed by atoms with E-state index in [1.807, 2.05) is 41.8 Å². The van der Waals surface area contributed by atoms with Crippen molar-refractivity contribution in [2.45, 2.75) is 13.5 Å². The molecule has 0 radical (unpaired) electrons. The average molecular weight is 458 g/mol. The normalized spacial score (nSPS) is 10.8. The zero-order valence-corrected chi connectivity index (χ0v) is 19.2. The molecule has 0 bridgehead atoms. The molecule has 0 spiro atoms. The molecule has 0 aliphatic heterocycles. The number of fused-ring (bicyclic) bond motifs is 1. The molecule has 0 unspecified atom stereocenters. The second-order valence-electron chi connectivity index (χ2n) is 7.84. The highest BCUT2D eigenvalue weighted by Crippen LogP contribution is 2.28. The molecule has 2 aromatic heterocycles. The molecule has 0 saturated carbocycles. The molecule has 2 heterocycles. The van der Waals surface area contributed by atoms with Crippen molar-refractivity contribution in [2.24, 2.45) is 0 Å². The summed E-state index contributed by atoms with van der Waals surface area (Å²) in [4.78, 5) is 27.4. The van der Waals surface area contributed by atoms with Gasteiger partial charge in [0.1, 0.15) is 0 Å². The van der Waals surface area contributed by atoms with Gasteiger partial charge in [-0.2, -0.15) is 0 Å². The number of pyridine rings is 1. The number of imidazole rings is 1. The van der Waals surface area contributed by atoms with Gasteiger partial charge in [-0.25, -0.2) is 4.98 Å². The van der Waals surface area contributed by atoms with Crippen LogP contribution in [0.25, 0.3) is 16.9 Å². The van der Waals surface area contributed by atoms with E-state index in [9.17, 15) is 9.59 Å². The number of hydrogen-bond acceptors (Lipinski definition) is 5. The Labute approximate surface area is 198 Å². The predicted octanol–water partition coefficient (Wildman–Crippen LogP) is 3.68. The minimum atomic E-state index is -0.135. The molecule has 0 fully saturated rings. The van der Waals surface area contributed by atoms with E-state index in [2.05, 4.69) is 39.1 Å². The summed E-state index contributed by atoms with van der Waals surface area (Å²) in [5.41, 5.74) is 7.28. The van der Waals surface area contributed by atoms with Crippen LogP contribution in [0, 0.1) is 6.92 Å². The van der Waals surface area contributed by atoms with E-state index in [1.54, 1.807) is 25.4 Å². The lowest BCUT2D eigenvalue weighted by Gasteiger charge is -2.14. The van der Waals surface area contributed by atoms with Gasteiger partial charge in [0.15, 0.2) is 5.65 Å². The van der Waals surface area contributed by atoms with Gasteiger partial charge in [0, 0.05) is 43.8 Å². The summed E-state index contributed by atoms with van der Waals surface area (Å²) in [7, 11) is 1.60. The molecular formula is C26H27N5O3. The highest BCUT2D eigenvalue weighted by molar-refractivity contribution is 5.94. The number of ether oxygens (including phenoxy) is 1. The van der Waals surface area contributed by atoms with Crippen molar-refractivity contribution in [3.05, 3.63) is 83.7 Å². The van der Waals surface area contributed by atoms with Crippen molar-refractivity contribution in [2.75, 3.05) is 25.6 Å². The minimum Gasteiger partial charge on any atom is -0.383 e. The first-order valence-corrected chi connectivity index (χ1v) is 11.0. The smallest absolute Gasteiger partial charge is 0.251 e. The molecule has 8 heteroatoms. The van der Waals surface area contributed by atoms with Crippen LogP contribution in [-0.4, -0.2) is 42.0 Å². The first kappa shape index (κ1) is 23.0. The zero-order valence-electron chi connectivity index (χ0n) is 19.2. The molecule has 8 nitrogen and oxygen atoms in total. The molecule has 2 amide bonds. The van der Waals surface area contributed by atoms with Crippen molar-refractivity contribution < 1.29 is 14.3 Å². The standard InChI is InChI=1S/C26H27N5O3/c1-18-3-4-20(15-21(18)16-27-17-32)24-10-9-23(25-28-11-13-31(24)25)30-22-7-5-19(6-8-22)26(33)29-12-14-34-2/h3-11,13,15,17,30H,12,14,16H2,1-2H3,(H,27,32)(H,29,33). The highest BCUT2D eigenvalue weighted by atomic mass is 16.5. The van der Waals surface area contributed by atoms with Gasteiger partial charge < -0.3 is 20.7 Å². The van der Waals surface area contributed by atoms with E-state index >= 15 is 0 Å². The van der Waals surface area contributed by atoms with Crippen molar-refractivity contribution in [1.82, 2.24) is 20.0 Å². The second kappa shape index (κ2) is 10.6. The van der Waals surface area contributed by atoms with Crippen molar-refractivity contribution in [3.63, 3.8) is 0 Å². The Balaban J connectivity index is 1.56. The summed E-state index contributed by atoms with van der Waals surface area (Å²) in [6.45, 7) is 3.45. The summed E-state index contributed by atoms with van der Waals surface area (Å²) in [6, 6.07) is 17.5. The molecular weight excluding hydrogens is 430 g/mol. The summed E-state index contributed by atoms with van der Waals surface area (Å²) < 4.78 is 6.99. The van der Waals surface area contributed by atoms with Crippen molar-refractivity contribution in [1.29, 1.82) is 0 Å². The number of amides is 2. The van der Waals surface area contributed by atoms with Gasteiger partial charge in [-0.1, -0.05) is 12.1 Å². The molecule has 0 saturated heterocycles. The number of carbonyl (C=O) groups excluding carboxylic acids is 2. The van der Waals surface area contributed by atoms with E-state index in [4.69, 9.17) is 4.74 Å². The molecule has 174 valence electrons. The van der Waals surface area contributed by atoms with E-state index in [0.717, 1.165) is 39.4 Å². The number of nitrogens with one attached hydrogen (secondary N) is 3. The van der Waals surface area contributed by atoms with Crippen LogP contribution in [0.1, 0.15) is 21.5 Å². The van der Waals surface area contributed by atoms with E-state index < -0.39 is 0 Å². The third kappa shape index (κ3) is 5.07. The van der Waals surface area contributed by atoms with Crippen LogP contribution in [0.3, 0.4) is 0 Å². The lowest BCUT2D eigenvalue weighted by molar-refractivity contribution is -0.109. The molecule has 0 atom stereocenters. The molecule has 2 aromatic carbocycles. The maximum Gasteiger partial charge on any atom is 0.251 e. The minimum absolute atomic E-state index is 0.135. The van der Waals surface area contributed by atoms with Gasteiger partial charge >= 0.3 is 0 Å². The Kier molecular flexibility index (Phi) is 7.19. The van der Waals surface area contributed by atoms with Gasteiger partial charge in [0.05, 0.1) is 18.0 Å². The van der Waals surface area contributed by atoms with E-state index in [-0.39, 0.29) is 5.91 Å². The van der Waals surface area contributed by atoms with Crippen LogP contribution in [0.4, 0.5) is 11.4 Å². The molecule has 0 aliphatic rings. The molecule has 4 rings (SSSR count). The number of rotatable bonds is 10.